The average Bonchev–Trinajstić information content (AvgIpc) is 2.45. The molecule has 2 N–H and O–H groups in total. The van der Waals surface area contributed by atoms with Gasteiger partial charge in [-0.1, -0.05) is 13.3 Å². The molecule has 0 aliphatic heterocycles. The minimum Gasteiger partial charge on any atom is -0.392 e. The van der Waals surface area contributed by atoms with Gasteiger partial charge >= 0.3 is 0 Å². The lowest BCUT2D eigenvalue weighted by molar-refractivity contribution is 0.136. The summed E-state index contributed by atoms with van der Waals surface area (Å²) in [4.78, 5) is -0.153. The molecule has 0 spiro atoms. The Morgan fingerprint density at radius 2 is 2.05 bits per heavy atom. The highest BCUT2D eigenvalue weighted by molar-refractivity contribution is 7.89. The van der Waals surface area contributed by atoms with Crippen molar-refractivity contribution in [1.29, 1.82) is 0 Å². The van der Waals surface area contributed by atoms with Gasteiger partial charge in [0.15, 0.2) is 0 Å². The van der Waals surface area contributed by atoms with Crippen molar-refractivity contribution in [3.8, 4) is 0 Å². The number of aliphatic hydroxyl groups is 1. The van der Waals surface area contributed by atoms with Gasteiger partial charge in [0, 0.05) is 18.7 Å². The minimum atomic E-state index is -3.82. The van der Waals surface area contributed by atoms with Gasteiger partial charge in [-0.25, -0.2) is 17.5 Å². The maximum atomic E-state index is 13.7. The Morgan fingerprint density at radius 3 is 2.67 bits per heavy atom. The van der Waals surface area contributed by atoms with Crippen LogP contribution in [0.1, 0.15) is 30.9 Å². The lowest BCUT2D eigenvalue weighted by Crippen LogP contribution is -2.28. The number of aliphatic hydroxyl groups excluding tert-OH is 1. The molecule has 0 bridgehead atoms. The first-order valence-corrected chi connectivity index (χ1v) is 8.38. The van der Waals surface area contributed by atoms with Crippen molar-refractivity contribution in [2.24, 2.45) is 0 Å². The zero-order chi connectivity index (χ0) is 15.9. The van der Waals surface area contributed by atoms with Gasteiger partial charge in [0.2, 0.25) is 10.0 Å². The van der Waals surface area contributed by atoms with E-state index in [-0.39, 0.29) is 29.2 Å². The summed E-state index contributed by atoms with van der Waals surface area (Å²) < 4.78 is 45.6. The molecule has 0 saturated heterocycles. The van der Waals surface area contributed by atoms with Crippen LogP contribution < -0.4 is 4.72 Å². The second kappa shape index (κ2) is 8.43. The molecule has 0 heterocycles. The van der Waals surface area contributed by atoms with E-state index in [0.29, 0.717) is 6.61 Å². The lowest BCUT2D eigenvalue weighted by Gasteiger charge is -2.11. The summed E-state index contributed by atoms with van der Waals surface area (Å²) in [7, 11) is -3.82. The standard InChI is InChI=1S/C14H22FNO4S/c1-3-4-6-20-7-5-16-21(18,19)14-9-12(10-17)8-13(15)11(14)2/h8-9,16-17H,3-7,10H2,1-2H3. The van der Waals surface area contributed by atoms with Crippen LogP contribution in [0.15, 0.2) is 17.0 Å². The van der Waals surface area contributed by atoms with Crippen LogP contribution in [0.5, 0.6) is 0 Å². The fourth-order valence-corrected chi connectivity index (χ4v) is 3.07. The molecule has 1 rings (SSSR count). The van der Waals surface area contributed by atoms with Gasteiger partial charge in [-0.2, -0.15) is 0 Å². The van der Waals surface area contributed by atoms with Crippen molar-refractivity contribution in [2.45, 2.75) is 38.2 Å². The molecule has 0 amide bonds. The third-order valence-corrected chi connectivity index (χ3v) is 4.60. The van der Waals surface area contributed by atoms with Gasteiger partial charge < -0.3 is 9.84 Å². The zero-order valence-corrected chi connectivity index (χ0v) is 13.2. The maximum absolute atomic E-state index is 13.7. The summed E-state index contributed by atoms with van der Waals surface area (Å²) in [5, 5.41) is 9.04. The predicted molar refractivity (Wildman–Crippen MR) is 78.0 cm³/mol. The number of rotatable bonds is 9. The van der Waals surface area contributed by atoms with E-state index in [4.69, 9.17) is 9.84 Å². The molecule has 120 valence electrons. The molecule has 21 heavy (non-hydrogen) atoms. The third kappa shape index (κ3) is 5.35. The molecule has 1 aromatic rings. The predicted octanol–water partition coefficient (Wildman–Crippen LogP) is 1.72. The highest BCUT2D eigenvalue weighted by Crippen LogP contribution is 2.20. The molecule has 0 aliphatic rings. The topological polar surface area (TPSA) is 75.6 Å². The first kappa shape index (κ1) is 18.0. The molecule has 7 heteroatoms. The molecule has 5 nitrogen and oxygen atoms in total. The molecule has 0 unspecified atom stereocenters. The second-order valence-electron chi connectivity index (χ2n) is 4.72. The smallest absolute Gasteiger partial charge is 0.241 e. The fourth-order valence-electron chi connectivity index (χ4n) is 1.75. The van der Waals surface area contributed by atoms with Crippen molar-refractivity contribution in [3.05, 3.63) is 29.1 Å². The number of ether oxygens (including phenoxy) is 1. The summed E-state index contributed by atoms with van der Waals surface area (Å²) in [6.07, 6.45) is 1.94. The number of hydrogen-bond donors (Lipinski definition) is 2. The van der Waals surface area contributed by atoms with Crippen LogP contribution >= 0.6 is 0 Å². The Hall–Kier alpha value is -1.02. The van der Waals surface area contributed by atoms with E-state index in [9.17, 15) is 12.8 Å². The van der Waals surface area contributed by atoms with E-state index in [1.54, 1.807) is 0 Å². The molecule has 0 aromatic heterocycles. The van der Waals surface area contributed by atoms with Gasteiger partial charge in [-0.15, -0.1) is 0 Å². The van der Waals surface area contributed by atoms with Crippen LogP contribution in [0.25, 0.3) is 0 Å². The Morgan fingerprint density at radius 1 is 1.33 bits per heavy atom. The van der Waals surface area contributed by atoms with E-state index >= 15 is 0 Å². The number of hydrogen-bond acceptors (Lipinski definition) is 4. The Labute approximate surface area is 125 Å². The molecular weight excluding hydrogens is 297 g/mol. The summed E-state index contributed by atoms with van der Waals surface area (Å²) in [6.45, 7) is 3.99. The number of nitrogens with one attached hydrogen (secondary N) is 1. The molecule has 1 aromatic carbocycles. The van der Waals surface area contributed by atoms with Crippen LogP contribution in [0.3, 0.4) is 0 Å². The van der Waals surface area contributed by atoms with Crippen molar-refractivity contribution in [2.75, 3.05) is 19.8 Å². The maximum Gasteiger partial charge on any atom is 0.241 e. The number of benzene rings is 1. The van der Waals surface area contributed by atoms with Crippen LogP contribution in [0.4, 0.5) is 4.39 Å². The Balaban J connectivity index is 2.72. The van der Waals surface area contributed by atoms with Gasteiger partial charge in [-0.3, -0.25) is 0 Å². The normalized spacial score (nSPS) is 11.8. The lowest BCUT2D eigenvalue weighted by atomic mass is 10.1. The van der Waals surface area contributed by atoms with Crippen LogP contribution in [0.2, 0.25) is 0 Å². The average molecular weight is 319 g/mol. The van der Waals surface area contributed by atoms with Gasteiger partial charge in [0.1, 0.15) is 5.82 Å². The van der Waals surface area contributed by atoms with Gasteiger partial charge in [-0.05, 0) is 31.0 Å². The van der Waals surface area contributed by atoms with Crippen LogP contribution in [0, 0.1) is 12.7 Å². The highest BCUT2D eigenvalue weighted by Gasteiger charge is 2.19. The monoisotopic (exact) mass is 319 g/mol. The van der Waals surface area contributed by atoms with E-state index in [1.165, 1.54) is 13.0 Å². The SMILES string of the molecule is CCCCOCCNS(=O)(=O)c1cc(CO)cc(F)c1C. The minimum absolute atomic E-state index is 0.0339. The second-order valence-corrected chi connectivity index (χ2v) is 6.46. The molecule has 0 fully saturated rings. The van der Waals surface area contributed by atoms with Crippen molar-refractivity contribution in [3.63, 3.8) is 0 Å². The van der Waals surface area contributed by atoms with Crippen LogP contribution in [-0.4, -0.2) is 33.3 Å². The summed E-state index contributed by atoms with van der Waals surface area (Å²) >= 11 is 0. The Bertz CT molecular complexity index is 560. The first-order chi connectivity index (χ1) is 9.92. The van der Waals surface area contributed by atoms with E-state index in [1.807, 2.05) is 6.92 Å². The third-order valence-electron chi connectivity index (χ3n) is 3.01. The quantitative estimate of drug-likeness (QED) is 0.680. The fraction of sp³-hybridized carbons (Fsp3) is 0.571. The number of unbranched alkanes of at least 4 members (excludes halogenated alkanes) is 1. The molecule has 0 aliphatic carbocycles. The zero-order valence-electron chi connectivity index (χ0n) is 12.4. The summed E-state index contributed by atoms with van der Waals surface area (Å²) in [5.74, 6) is -0.652. The molecule has 0 radical (unpaired) electrons. The van der Waals surface area contributed by atoms with Crippen molar-refractivity contribution >= 4 is 10.0 Å². The number of halogens is 1. The molecule has 0 atom stereocenters. The largest absolute Gasteiger partial charge is 0.392 e. The van der Waals surface area contributed by atoms with E-state index in [0.717, 1.165) is 18.9 Å². The van der Waals surface area contributed by atoms with Crippen LogP contribution in [-0.2, 0) is 21.4 Å². The van der Waals surface area contributed by atoms with Gasteiger partial charge in [0.05, 0.1) is 18.1 Å². The Kier molecular flexibility index (Phi) is 7.24. The molecular formula is C14H22FNO4S. The van der Waals surface area contributed by atoms with Crippen molar-refractivity contribution in [1.82, 2.24) is 4.72 Å². The summed E-state index contributed by atoms with van der Waals surface area (Å²) in [6, 6.07) is 2.40. The van der Waals surface area contributed by atoms with E-state index < -0.39 is 22.4 Å². The first-order valence-electron chi connectivity index (χ1n) is 6.89. The van der Waals surface area contributed by atoms with E-state index in [2.05, 4.69) is 4.72 Å². The summed E-state index contributed by atoms with van der Waals surface area (Å²) in [5.41, 5.74) is 0.254. The molecule has 0 saturated carbocycles. The van der Waals surface area contributed by atoms with Crippen molar-refractivity contribution < 1.29 is 22.7 Å². The highest BCUT2D eigenvalue weighted by atomic mass is 32.2. The van der Waals surface area contributed by atoms with Gasteiger partial charge in [0.25, 0.3) is 0 Å². The number of sulfonamides is 1.